The molecule has 0 aliphatic heterocycles. The van der Waals surface area contributed by atoms with Crippen molar-refractivity contribution < 1.29 is 21.9 Å². The summed E-state index contributed by atoms with van der Waals surface area (Å²) in [6.45, 7) is 1.99. The van der Waals surface area contributed by atoms with E-state index in [4.69, 9.17) is 8.71 Å². The summed E-state index contributed by atoms with van der Waals surface area (Å²) in [5.74, 6) is -0.109. The number of nitrogens with zero attached hydrogens (tertiary/aromatic N) is 1. The van der Waals surface area contributed by atoms with Crippen molar-refractivity contribution >= 4 is 16.0 Å². The highest BCUT2D eigenvalue weighted by atomic mass is 32.2. The van der Waals surface area contributed by atoms with Gasteiger partial charge in [0.1, 0.15) is 5.69 Å². The number of benzene rings is 2. The largest absolute Gasteiger partial charge is 0.350 e. The predicted octanol–water partition coefficient (Wildman–Crippen LogP) is 3.56. The van der Waals surface area contributed by atoms with Crippen molar-refractivity contribution in [3.63, 3.8) is 0 Å². The lowest BCUT2D eigenvalue weighted by molar-refractivity contribution is 0.0817. The van der Waals surface area contributed by atoms with Crippen LogP contribution in [0.2, 0.25) is 0 Å². The summed E-state index contributed by atoms with van der Waals surface area (Å²) in [5.41, 5.74) is 2.45. The third-order valence-electron chi connectivity index (χ3n) is 5.14. The highest BCUT2D eigenvalue weighted by Gasteiger charge is 2.33. The molecule has 1 aromatic heterocycles. The quantitative estimate of drug-likeness (QED) is 0.580. The molecular formula is C22H22N2O5S. The van der Waals surface area contributed by atoms with Gasteiger partial charge in [-0.2, -0.15) is 8.42 Å². The molecule has 0 spiro atoms. The van der Waals surface area contributed by atoms with E-state index in [1.165, 1.54) is 12.1 Å². The monoisotopic (exact) mass is 426 g/mol. The zero-order valence-electron chi connectivity index (χ0n) is 16.4. The number of aromatic nitrogens is 1. The van der Waals surface area contributed by atoms with E-state index in [9.17, 15) is 13.2 Å². The van der Waals surface area contributed by atoms with Crippen molar-refractivity contribution in [2.24, 2.45) is 5.92 Å². The fraction of sp³-hybridized carbons (Fsp3) is 0.273. The van der Waals surface area contributed by atoms with Crippen LogP contribution in [0.25, 0.3) is 11.3 Å². The molecular weight excluding hydrogens is 404 g/mol. The van der Waals surface area contributed by atoms with E-state index in [-0.39, 0.29) is 35.1 Å². The van der Waals surface area contributed by atoms with Crippen LogP contribution in [-0.4, -0.2) is 32.1 Å². The second-order valence-electron chi connectivity index (χ2n) is 7.50. The van der Waals surface area contributed by atoms with Crippen LogP contribution in [0.5, 0.6) is 0 Å². The molecule has 3 aromatic rings. The molecule has 4 rings (SSSR count). The van der Waals surface area contributed by atoms with Gasteiger partial charge in [-0.15, -0.1) is 0 Å². The van der Waals surface area contributed by atoms with Crippen molar-refractivity contribution in [1.29, 1.82) is 0 Å². The minimum Gasteiger partial charge on any atom is -0.350 e. The van der Waals surface area contributed by atoms with Crippen LogP contribution in [0.4, 0.5) is 0 Å². The number of aryl methyl sites for hydroxylation is 1. The second-order valence-corrected chi connectivity index (χ2v) is 9.12. The van der Waals surface area contributed by atoms with Gasteiger partial charge in [-0.05, 0) is 37.8 Å². The number of amides is 1. The van der Waals surface area contributed by atoms with Gasteiger partial charge in [0.25, 0.3) is 16.0 Å². The molecule has 1 amide bonds. The van der Waals surface area contributed by atoms with Gasteiger partial charge >= 0.3 is 0 Å². The Bertz CT molecular complexity index is 1120. The smallest absolute Gasteiger partial charge is 0.296 e. The Morgan fingerprint density at radius 3 is 2.53 bits per heavy atom. The Labute approximate surface area is 175 Å². The van der Waals surface area contributed by atoms with Crippen LogP contribution in [0.15, 0.2) is 70.1 Å². The van der Waals surface area contributed by atoms with Gasteiger partial charge < -0.3 is 9.84 Å². The van der Waals surface area contributed by atoms with Gasteiger partial charge in [-0.3, -0.25) is 8.98 Å². The van der Waals surface area contributed by atoms with E-state index >= 15 is 0 Å². The average Bonchev–Trinajstić information content (AvgIpc) is 3.21. The fourth-order valence-corrected chi connectivity index (χ4v) is 4.31. The molecule has 0 saturated heterocycles. The third kappa shape index (κ3) is 4.60. The van der Waals surface area contributed by atoms with E-state index < -0.39 is 10.1 Å². The number of hydrogen-bond donors (Lipinski definition) is 1. The lowest BCUT2D eigenvalue weighted by Gasteiger charge is -2.35. The van der Waals surface area contributed by atoms with E-state index in [0.29, 0.717) is 18.5 Å². The molecule has 0 bridgehead atoms. The summed E-state index contributed by atoms with van der Waals surface area (Å²) in [7, 11) is -3.77. The predicted molar refractivity (Wildman–Crippen MR) is 110 cm³/mol. The first-order chi connectivity index (χ1) is 14.4. The molecule has 1 saturated carbocycles. The lowest BCUT2D eigenvalue weighted by Crippen LogP contribution is -2.45. The maximum Gasteiger partial charge on any atom is 0.296 e. The first-order valence-electron chi connectivity index (χ1n) is 9.70. The Hall–Kier alpha value is -2.97. The number of nitrogens with one attached hydrogen (secondary N) is 1. The van der Waals surface area contributed by atoms with Gasteiger partial charge in [-0.1, -0.05) is 53.2 Å². The van der Waals surface area contributed by atoms with Crippen LogP contribution >= 0.6 is 0 Å². The summed E-state index contributed by atoms with van der Waals surface area (Å²) in [4.78, 5) is 12.5. The third-order valence-corrected chi connectivity index (χ3v) is 6.44. The number of carbonyl (C=O) groups is 1. The molecule has 7 nitrogen and oxygen atoms in total. The summed E-state index contributed by atoms with van der Waals surface area (Å²) in [5, 5.41) is 6.83. The first-order valence-corrected chi connectivity index (χ1v) is 11.1. The van der Waals surface area contributed by atoms with Gasteiger partial charge in [0.05, 0.1) is 11.5 Å². The van der Waals surface area contributed by atoms with Gasteiger partial charge in [0.2, 0.25) is 5.76 Å². The maximum absolute atomic E-state index is 12.4. The zero-order valence-corrected chi connectivity index (χ0v) is 17.3. The Morgan fingerprint density at radius 2 is 1.83 bits per heavy atom. The molecule has 0 atom stereocenters. The molecule has 1 fully saturated rings. The SMILES string of the molecule is Cc1ccc(S(=O)(=O)OC[C@H]2C[C@@H](NC(=O)c3cc(-c4ccccc4)no3)C2)cc1. The molecule has 0 radical (unpaired) electrons. The molecule has 1 aliphatic carbocycles. The normalized spacial score (nSPS) is 18.6. The summed E-state index contributed by atoms with van der Waals surface area (Å²) < 4.78 is 34.8. The maximum atomic E-state index is 12.4. The van der Waals surface area contributed by atoms with E-state index in [0.717, 1.165) is 11.1 Å². The van der Waals surface area contributed by atoms with Crippen molar-refractivity contribution in [1.82, 2.24) is 10.5 Å². The van der Waals surface area contributed by atoms with Crippen LogP contribution in [0, 0.1) is 12.8 Å². The number of hydrogen-bond acceptors (Lipinski definition) is 6. The van der Waals surface area contributed by atoms with Crippen LogP contribution in [-0.2, 0) is 14.3 Å². The summed E-state index contributed by atoms with van der Waals surface area (Å²) in [6.07, 6.45) is 1.30. The molecule has 156 valence electrons. The van der Waals surface area contributed by atoms with Crippen molar-refractivity contribution in [2.75, 3.05) is 6.61 Å². The van der Waals surface area contributed by atoms with E-state index in [1.54, 1.807) is 18.2 Å². The lowest BCUT2D eigenvalue weighted by atomic mass is 9.81. The zero-order chi connectivity index (χ0) is 21.1. The minimum absolute atomic E-state index is 0.0431. The average molecular weight is 426 g/mol. The molecule has 30 heavy (non-hydrogen) atoms. The Morgan fingerprint density at radius 1 is 1.13 bits per heavy atom. The highest BCUT2D eigenvalue weighted by molar-refractivity contribution is 7.86. The standard InChI is InChI=1S/C22H22N2O5S/c1-15-7-9-19(10-8-15)30(26,27)28-14-16-11-18(12-16)23-22(25)21-13-20(24-29-21)17-5-3-2-4-6-17/h2-10,13,16,18H,11-12,14H2,1H3,(H,23,25)/t16-,18+. The second kappa shape index (κ2) is 8.41. The molecule has 1 N–H and O–H groups in total. The van der Waals surface area contributed by atoms with Gasteiger partial charge in [0, 0.05) is 17.7 Å². The van der Waals surface area contributed by atoms with Gasteiger partial charge in [-0.25, -0.2) is 0 Å². The van der Waals surface area contributed by atoms with E-state index in [2.05, 4.69) is 10.5 Å². The molecule has 0 unspecified atom stereocenters. The minimum atomic E-state index is -3.77. The Balaban J connectivity index is 1.25. The Kier molecular flexibility index (Phi) is 5.69. The summed E-state index contributed by atoms with van der Waals surface area (Å²) >= 11 is 0. The number of carbonyl (C=O) groups excluding carboxylic acids is 1. The van der Waals surface area contributed by atoms with Crippen LogP contribution < -0.4 is 5.32 Å². The summed E-state index contributed by atoms with van der Waals surface area (Å²) in [6, 6.07) is 17.6. The molecule has 1 aliphatic rings. The molecule has 1 heterocycles. The van der Waals surface area contributed by atoms with Gasteiger partial charge in [0.15, 0.2) is 0 Å². The number of rotatable bonds is 7. The molecule has 2 aromatic carbocycles. The highest BCUT2D eigenvalue weighted by Crippen LogP contribution is 2.29. The fourth-order valence-electron chi connectivity index (χ4n) is 3.33. The van der Waals surface area contributed by atoms with Crippen molar-refractivity contribution in [3.8, 4) is 11.3 Å². The van der Waals surface area contributed by atoms with Crippen molar-refractivity contribution in [2.45, 2.75) is 30.7 Å². The molecule has 8 heteroatoms. The topological polar surface area (TPSA) is 98.5 Å². The first kappa shape index (κ1) is 20.3. The van der Waals surface area contributed by atoms with Crippen LogP contribution in [0.1, 0.15) is 29.0 Å². The van der Waals surface area contributed by atoms with E-state index in [1.807, 2.05) is 37.3 Å². The van der Waals surface area contributed by atoms with Crippen molar-refractivity contribution in [3.05, 3.63) is 72.0 Å². The van der Waals surface area contributed by atoms with Crippen LogP contribution in [0.3, 0.4) is 0 Å².